The van der Waals surface area contributed by atoms with Gasteiger partial charge in [0.1, 0.15) is 0 Å². The Kier molecular flexibility index (Phi) is 29.5. The van der Waals surface area contributed by atoms with Crippen LogP contribution in [0.5, 0.6) is 0 Å². The molecule has 0 fully saturated rings. The molecule has 9 heteroatoms. The van der Waals surface area contributed by atoms with Crippen molar-refractivity contribution in [3.05, 3.63) is 0 Å². The summed E-state index contributed by atoms with van der Waals surface area (Å²) in [4.78, 5) is 20.8. The molecule has 0 aliphatic rings. The van der Waals surface area contributed by atoms with Gasteiger partial charge in [0.05, 0.1) is 46.8 Å². The standard InChI is InChI=1S/C25H53N3O6/c1-30-25(29)15-13-11-9-7-5-3-2-4-6-8-10-12-14-16-28-34-24-23-32-22-21-31-19-17-27-18-20-33-26/h27-28H,2-24,26H2,1H3. The van der Waals surface area contributed by atoms with E-state index < -0.39 is 0 Å². The van der Waals surface area contributed by atoms with Crippen LogP contribution >= 0.6 is 0 Å². The van der Waals surface area contributed by atoms with E-state index in [1.807, 2.05) is 0 Å². The number of hydroxylamine groups is 1. The fraction of sp³-hybridized carbons (Fsp3) is 0.960. The van der Waals surface area contributed by atoms with Crippen molar-refractivity contribution in [3.63, 3.8) is 0 Å². The smallest absolute Gasteiger partial charge is 0.305 e. The number of ether oxygens (including phenoxy) is 3. The van der Waals surface area contributed by atoms with Crippen LogP contribution in [0.3, 0.4) is 0 Å². The van der Waals surface area contributed by atoms with Crippen LogP contribution in [-0.4, -0.2) is 72.4 Å². The van der Waals surface area contributed by atoms with Crippen LogP contribution in [0.25, 0.3) is 0 Å². The van der Waals surface area contributed by atoms with Crippen LogP contribution in [0.1, 0.15) is 89.9 Å². The first-order valence-electron chi connectivity index (χ1n) is 13.4. The maximum Gasteiger partial charge on any atom is 0.305 e. The summed E-state index contributed by atoms with van der Waals surface area (Å²) in [6.07, 6.45) is 17.0. The fourth-order valence-electron chi connectivity index (χ4n) is 3.48. The molecule has 0 radical (unpaired) electrons. The molecule has 0 aliphatic heterocycles. The van der Waals surface area contributed by atoms with Gasteiger partial charge in [0.15, 0.2) is 0 Å². The molecule has 0 amide bonds. The molecule has 0 saturated heterocycles. The first kappa shape index (κ1) is 33.2. The van der Waals surface area contributed by atoms with Crippen LogP contribution < -0.4 is 16.7 Å². The topological polar surface area (TPSA) is 113 Å². The molecule has 0 unspecified atom stereocenters. The third-order valence-corrected chi connectivity index (χ3v) is 5.51. The van der Waals surface area contributed by atoms with E-state index in [-0.39, 0.29) is 5.97 Å². The minimum absolute atomic E-state index is 0.0837. The third kappa shape index (κ3) is 29.2. The molecular formula is C25H53N3O6. The Morgan fingerprint density at radius 3 is 1.71 bits per heavy atom. The molecule has 0 spiro atoms. The lowest BCUT2D eigenvalue weighted by Crippen LogP contribution is -2.25. The molecule has 0 aliphatic carbocycles. The van der Waals surface area contributed by atoms with Gasteiger partial charge in [0.25, 0.3) is 0 Å². The van der Waals surface area contributed by atoms with Crippen molar-refractivity contribution in [3.8, 4) is 0 Å². The highest BCUT2D eigenvalue weighted by Crippen LogP contribution is 2.13. The summed E-state index contributed by atoms with van der Waals surface area (Å²) < 4.78 is 15.5. The number of methoxy groups -OCH3 is 1. The van der Waals surface area contributed by atoms with Gasteiger partial charge >= 0.3 is 5.97 Å². The van der Waals surface area contributed by atoms with Crippen molar-refractivity contribution in [1.82, 2.24) is 10.8 Å². The Labute approximate surface area is 208 Å². The average molecular weight is 492 g/mol. The second kappa shape index (κ2) is 30.2. The predicted octanol–water partition coefficient (Wildman–Crippen LogP) is 3.66. The molecular weight excluding hydrogens is 438 g/mol. The Hall–Kier alpha value is -0.810. The van der Waals surface area contributed by atoms with E-state index in [4.69, 9.17) is 20.2 Å². The van der Waals surface area contributed by atoms with Crippen molar-refractivity contribution < 1.29 is 28.7 Å². The largest absolute Gasteiger partial charge is 0.469 e. The van der Waals surface area contributed by atoms with Gasteiger partial charge in [0.2, 0.25) is 0 Å². The molecule has 0 heterocycles. The van der Waals surface area contributed by atoms with Gasteiger partial charge in [-0.25, -0.2) is 11.4 Å². The lowest BCUT2D eigenvalue weighted by Gasteiger charge is -2.08. The number of hydrogen-bond acceptors (Lipinski definition) is 9. The summed E-state index contributed by atoms with van der Waals surface area (Å²) in [5, 5.41) is 3.15. The van der Waals surface area contributed by atoms with Crippen molar-refractivity contribution in [2.24, 2.45) is 5.90 Å². The molecule has 0 atom stereocenters. The second-order valence-electron chi connectivity index (χ2n) is 8.51. The lowest BCUT2D eigenvalue weighted by atomic mass is 10.0. The zero-order valence-electron chi connectivity index (χ0n) is 21.8. The van der Waals surface area contributed by atoms with E-state index in [1.54, 1.807) is 0 Å². The van der Waals surface area contributed by atoms with Crippen molar-refractivity contribution in [1.29, 1.82) is 0 Å². The highest BCUT2D eigenvalue weighted by molar-refractivity contribution is 5.68. The van der Waals surface area contributed by atoms with E-state index in [1.165, 1.54) is 71.3 Å². The molecule has 0 aromatic rings. The Morgan fingerprint density at radius 1 is 0.618 bits per heavy atom. The van der Waals surface area contributed by atoms with Gasteiger partial charge in [0, 0.05) is 26.1 Å². The average Bonchev–Trinajstić information content (AvgIpc) is 2.85. The van der Waals surface area contributed by atoms with Crippen LogP contribution in [0, 0.1) is 0 Å². The van der Waals surface area contributed by atoms with E-state index in [0.717, 1.165) is 38.9 Å². The number of rotatable bonds is 29. The van der Waals surface area contributed by atoms with E-state index in [0.29, 0.717) is 46.1 Å². The van der Waals surface area contributed by atoms with Crippen molar-refractivity contribution >= 4 is 5.97 Å². The lowest BCUT2D eigenvalue weighted by molar-refractivity contribution is -0.140. The van der Waals surface area contributed by atoms with E-state index >= 15 is 0 Å². The Morgan fingerprint density at radius 2 is 1.12 bits per heavy atom. The highest BCUT2D eigenvalue weighted by atomic mass is 16.7. The number of hydrogen-bond donors (Lipinski definition) is 3. The highest BCUT2D eigenvalue weighted by Gasteiger charge is 1.99. The van der Waals surface area contributed by atoms with Crippen LogP contribution in [0.2, 0.25) is 0 Å². The minimum atomic E-state index is -0.0837. The van der Waals surface area contributed by atoms with Gasteiger partial charge < -0.3 is 24.4 Å². The third-order valence-electron chi connectivity index (χ3n) is 5.51. The zero-order chi connectivity index (χ0) is 24.8. The molecule has 0 bridgehead atoms. The molecule has 0 aromatic carbocycles. The predicted molar refractivity (Wildman–Crippen MR) is 135 cm³/mol. The Balaban J connectivity index is 3.02. The molecule has 204 valence electrons. The molecule has 0 aromatic heterocycles. The first-order valence-corrected chi connectivity index (χ1v) is 13.4. The molecule has 34 heavy (non-hydrogen) atoms. The maximum atomic E-state index is 11.0. The number of unbranched alkanes of at least 4 members (excludes halogenated alkanes) is 12. The summed E-state index contributed by atoms with van der Waals surface area (Å²) in [5.74, 6) is 4.85. The summed E-state index contributed by atoms with van der Waals surface area (Å²) in [7, 11) is 1.46. The molecule has 0 saturated carbocycles. The van der Waals surface area contributed by atoms with Crippen molar-refractivity contribution in [2.75, 3.05) is 66.4 Å². The zero-order valence-corrected chi connectivity index (χ0v) is 21.8. The van der Waals surface area contributed by atoms with Crippen LogP contribution in [0.15, 0.2) is 0 Å². The van der Waals surface area contributed by atoms with Gasteiger partial charge in [-0.2, -0.15) is 0 Å². The van der Waals surface area contributed by atoms with Gasteiger partial charge in [-0.15, -0.1) is 0 Å². The molecule has 0 rings (SSSR count). The molecule has 4 N–H and O–H groups in total. The van der Waals surface area contributed by atoms with Crippen molar-refractivity contribution in [2.45, 2.75) is 89.9 Å². The summed E-state index contributed by atoms with van der Waals surface area (Å²) >= 11 is 0. The monoisotopic (exact) mass is 491 g/mol. The van der Waals surface area contributed by atoms with Crippen LogP contribution in [0.4, 0.5) is 0 Å². The first-order chi connectivity index (χ1) is 16.8. The second-order valence-corrected chi connectivity index (χ2v) is 8.51. The SMILES string of the molecule is COC(=O)CCCCCCCCCCCCCCCNOCCOCCOCCNCCON. The summed E-state index contributed by atoms with van der Waals surface area (Å²) in [5.41, 5.74) is 3.01. The number of nitrogens with two attached hydrogens (primary N) is 1. The van der Waals surface area contributed by atoms with E-state index in [9.17, 15) is 4.79 Å². The van der Waals surface area contributed by atoms with Gasteiger partial charge in [-0.3, -0.25) is 9.63 Å². The maximum absolute atomic E-state index is 11.0. The molecule has 9 nitrogen and oxygen atoms in total. The number of esters is 1. The number of nitrogens with one attached hydrogen (secondary N) is 2. The van der Waals surface area contributed by atoms with E-state index in [2.05, 4.69) is 20.4 Å². The summed E-state index contributed by atoms with van der Waals surface area (Å²) in [6, 6.07) is 0. The Bertz CT molecular complexity index is 405. The normalized spacial score (nSPS) is 11.2. The summed E-state index contributed by atoms with van der Waals surface area (Å²) in [6.45, 7) is 5.83. The minimum Gasteiger partial charge on any atom is -0.469 e. The van der Waals surface area contributed by atoms with Gasteiger partial charge in [-0.05, 0) is 12.8 Å². The number of carbonyl (C=O) groups excluding carboxylic acids is 1. The quantitative estimate of drug-likeness (QED) is 0.0819. The van der Waals surface area contributed by atoms with Gasteiger partial charge in [-0.1, -0.05) is 70.6 Å². The number of carbonyl (C=O) groups is 1. The van der Waals surface area contributed by atoms with Crippen LogP contribution in [-0.2, 0) is 28.7 Å². The fourth-order valence-corrected chi connectivity index (χ4v) is 3.48.